The second-order valence-electron chi connectivity index (χ2n) is 5.36. The first-order chi connectivity index (χ1) is 10.2. The molecule has 1 atom stereocenters. The van der Waals surface area contributed by atoms with Gasteiger partial charge in [0.25, 0.3) is 0 Å². The molecule has 0 radical (unpaired) electrons. The molecule has 3 nitrogen and oxygen atoms in total. The van der Waals surface area contributed by atoms with E-state index in [1.165, 1.54) is 0 Å². The van der Waals surface area contributed by atoms with E-state index >= 15 is 0 Å². The van der Waals surface area contributed by atoms with Gasteiger partial charge >= 0.3 is 6.61 Å². The highest BCUT2D eigenvalue weighted by Crippen LogP contribution is 2.34. The molecule has 1 aliphatic heterocycles. The van der Waals surface area contributed by atoms with Crippen molar-refractivity contribution in [3.63, 3.8) is 0 Å². The highest BCUT2D eigenvalue weighted by atomic mass is 35.5. The molecule has 1 aromatic carbocycles. The molecule has 134 valence electrons. The van der Waals surface area contributed by atoms with E-state index in [1.807, 2.05) is 12.1 Å². The maximum atomic E-state index is 12.6. The maximum absolute atomic E-state index is 12.6. The van der Waals surface area contributed by atoms with Crippen molar-refractivity contribution >= 4 is 24.8 Å². The lowest BCUT2D eigenvalue weighted by atomic mass is 9.98. The summed E-state index contributed by atoms with van der Waals surface area (Å²) in [6.45, 7) is 3.15. The lowest BCUT2D eigenvalue weighted by Gasteiger charge is -2.36. The van der Waals surface area contributed by atoms with Crippen molar-refractivity contribution in [2.45, 2.75) is 38.8 Å². The Morgan fingerprint density at radius 3 is 2.43 bits per heavy atom. The smallest absolute Gasteiger partial charge is 0.387 e. The van der Waals surface area contributed by atoms with Crippen LogP contribution in [0.4, 0.5) is 8.78 Å². The Balaban J connectivity index is 0.00000242. The number of hydrogen-bond acceptors (Lipinski definition) is 3. The van der Waals surface area contributed by atoms with E-state index in [4.69, 9.17) is 4.74 Å². The first kappa shape index (κ1) is 22.4. The zero-order chi connectivity index (χ0) is 15.1. The minimum absolute atomic E-state index is 0. The molecule has 23 heavy (non-hydrogen) atoms. The Hall–Kier alpha value is -0.620. The molecule has 0 saturated carbocycles. The van der Waals surface area contributed by atoms with Crippen LogP contribution in [0.25, 0.3) is 0 Å². The van der Waals surface area contributed by atoms with E-state index in [0.717, 1.165) is 51.0 Å². The third-order valence-corrected chi connectivity index (χ3v) is 3.92. The summed E-state index contributed by atoms with van der Waals surface area (Å²) >= 11 is 0. The molecular weight excluding hydrogens is 345 g/mol. The maximum Gasteiger partial charge on any atom is 0.387 e. The van der Waals surface area contributed by atoms with E-state index in [0.29, 0.717) is 5.75 Å². The zero-order valence-corrected chi connectivity index (χ0v) is 15.0. The monoisotopic (exact) mass is 370 g/mol. The fourth-order valence-corrected chi connectivity index (χ4v) is 2.89. The van der Waals surface area contributed by atoms with E-state index in [9.17, 15) is 8.78 Å². The summed E-state index contributed by atoms with van der Waals surface area (Å²) in [5, 5.41) is 3.33. The van der Waals surface area contributed by atoms with Gasteiger partial charge in [0.15, 0.2) is 0 Å². The van der Waals surface area contributed by atoms with Crippen molar-refractivity contribution in [2.24, 2.45) is 0 Å². The van der Waals surface area contributed by atoms with Crippen molar-refractivity contribution < 1.29 is 13.5 Å². The van der Waals surface area contributed by atoms with Gasteiger partial charge in [-0.25, -0.2) is 0 Å². The minimum Gasteiger partial charge on any atom is -0.434 e. The number of unbranched alkanes of at least 4 members (excludes halogenated alkanes) is 1. The molecule has 1 aromatic rings. The van der Waals surface area contributed by atoms with Crippen molar-refractivity contribution in [1.82, 2.24) is 10.2 Å². The molecule has 0 aliphatic carbocycles. The van der Waals surface area contributed by atoms with E-state index in [1.54, 1.807) is 12.1 Å². The molecule has 1 heterocycles. The Bertz CT molecular complexity index is 432. The first-order valence-corrected chi connectivity index (χ1v) is 7.71. The number of para-hydroxylation sites is 1. The third kappa shape index (κ3) is 6.79. The number of rotatable bonds is 7. The normalized spacial score (nSPS) is 16.3. The zero-order valence-electron chi connectivity index (χ0n) is 13.3. The highest BCUT2D eigenvalue weighted by Gasteiger charge is 2.25. The van der Waals surface area contributed by atoms with Crippen LogP contribution in [-0.2, 0) is 0 Å². The number of hydrogen-bond donors (Lipinski definition) is 1. The van der Waals surface area contributed by atoms with Crippen LogP contribution in [0, 0.1) is 0 Å². The van der Waals surface area contributed by atoms with Gasteiger partial charge in [0, 0.05) is 37.8 Å². The summed E-state index contributed by atoms with van der Waals surface area (Å²) in [6.07, 6.45) is 3.15. The van der Waals surface area contributed by atoms with Gasteiger partial charge < -0.3 is 10.1 Å². The number of piperazine rings is 1. The molecule has 2 rings (SSSR count). The molecule has 1 aliphatic rings. The van der Waals surface area contributed by atoms with Crippen molar-refractivity contribution in [1.29, 1.82) is 0 Å². The summed E-state index contributed by atoms with van der Waals surface area (Å²) in [5.74, 6) is 0.312. The van der Waals surface area contributed by atoms with Gasteiger partial charge in [-0.3, -0.25) is 4.90 Å². The number of ether oxygens (including phenoxy) is 1. The molecule has 1 saturated heterocycles. The summed E-state index contributed by atoms with van der Waals surface area (Å²) in [7, 11) is 0. The SMILES string of the molecule is CCCC[C@H](c1ccccc1OC(F)F)N1CCNCC1.Cl.Cl. The summed E-state index contributed by atoms with van der Waals surface area (Å²) in [4.78, 5) is 2.37. The van der Waals surface area contributed by atoms with Crippen molar-refractivity contribution in [2.75, 3.05) is 26.2 Å². The molecule has 0 aromatic heterocycles. The standard InChI is InChI=1S/C16H24F2N2O.2ClH/c1-2-3-7-14(20-11-9-19-10-12-20)13-6-4-5-8-15(13)21-16(17)18;;/h4-6,8,14,16,19H,2-3,7,9-12H2,1H3;2*1H/t14-;;/m1../s1. The number of alkyl halides is 2. The van der Waals surface area contributed by atoms with Crippen LogP contribution in [0.5, 0.6) is 5.75 Å². The molecule has 1 N–H and O–H groups in total. The van der Waals surface area contributed by atoms with Gasteiger partial charge in [-0.2, -0.15) is 8.78 Å². The van der Waals surface area contributed by atoms with Crippen molar-refractivity contribution in [3.05, 3.63) is 29.8 Å². The van der Waals surface area contributed by atoms with Crippen molar-refractivity contribution in [3.8, 4) is 5.75 Å². The average molecular weight is 371 g/mol. The number of benzene rings is 1. The van der Waals surface area contributed by atoms with Crippen LogP contribution in [-0.4, -0.2) is 37.7 Å². The van der Waals surface area contributed by atoms with E-state index in [2.05, 4.69) is 17.1 Å². The summed E-state index contributed by atoms with van der Waals surface area (Å²) in [5.41, 5.74) is 0.883. The molecular formula is C16H26Cl2F2N2O. The highest BCUT2D eigenvalue weighted by molar-refractivity contribution is 5.85. The quantitative estimate of drug-likeness (QED) is 0.775. The third-order valence-electron chi connectivity index (χ3n) is 3.92. The van der Waals surface area contributed by atoms with E-state index < -0.39 is 6.61 Å². The predicted octanol–water partition coefficient (Wildman–Crippen LogP) is 4.27. The minimum atomic E-state index is -2.78. The van der Waals surface area contributed by atoms with Crippen LogP contribution in [0.3, 0.4) is 0 Å². The molecule has 7 heteroatoms. The summed E-state index contributed by atoms with van der Waals surface area (Å²) < 4.78 is 29.9. The van der Waals surface area contributed by atoms with Crippen LogP contribution in [0.15, 0.2) is 24.3 Å². The Morgan fingerprint density at radius 1 is 1.17 bits per heavy atom. The van der Waals surface area contributed by atoms with Crippen LogP contribution in [0.1, 0.15) is 37.8 Å². The number of nitrogens with one attached hydrogen (secondary N) is 1. The van der Waals surface area contributed by atoms with Gasteiger partial charge in [-0.1, -0.05) is 38.0 Å². The largest absolute Gasteiger partial charge is 0.434 e. The first-order valence-electron chi connectivity index (χ1n) is 7.71. The second-order valence-corrected chi connectivity index (χ2v) is 5.36. The molecule has 0 bridgehead atoms. The second kappa shape index (κ2) is 11.8. The average Bonchev–Trinajstić information content (AvgIpc) is 2.50. The molecule has 0 spiro atoms. The Morgan fingerprint density at radius 2 is 1.83 bits per heavy atom. The Kier molecular flexibility index (Phi) is 11.5. The van der Waals surface area contributed by atoms with Gasteiger partial charge in [0.1, 0.15) is 5.75 Å². The summed E-state index contributed by atoms with van der Waals surface area (Å²) in [6, 6.07) is 7.36. The van der Waals surface area contributed by atoms with Gasteiger partial charge in [-0.05, 0) is 12.5 Å². The molecule has 0 amide bonds. The lowest BCUT2D eigenvalue weighted by molar-refractivity contribution is -0.0513. The van der Waals surface area contributed by atoms with Crippen LogP contribution < -0.4 is 10.1 Å². The van der Waals surface area contributed by atoms with Crippen LogP contribution in [0.2, 0.25) is 0 Å². The van der Waals surface area contributed by atoms with Gasteiger partial charge in [0.05, 0.1) is 0 Å². The molecule has 1 fully saturated rings. The fourth-order valence-electron chi connectivity index (χ4n) is 2.89. The van der Waals surface area contributed by atoms with E-state index in [-0.39, 0.29) is 30.9 Å². The fraction of sp³-hybridized carbons (Fsp3) is 0.625. The number of nitrogens with zero attached hydrogens (tertiary/aromatic N) is 1. The topological polar surface area (TPSA) is 24.5 Å². The van der Waals surface area contributed by atoms with Crippen LogP contribution >= 0.6 is 24.8 Å². The van der Waals surface area contributed by atoms with Gasteiger partial charge in [-0.15, -0.1) is 24.8 Å². The Labute approximate surface area is 149 Å². The molecule has 0 unspecified atom stereocenters. The number of halogens is 4. The van der Waals surface area contributed by atoms with Gasteiger partial charge in [0.2, 0.25) is 0 Å². The predicted molar refractivity (Wildman–Crippen MR) is 94.3 cm³/mol. The lowest BCUT2D eigenvalue weighted by Crippen LogP contribution is -2.45.